The highest BCUT2D eigenvalue weighted by Gasteiger charge is 2.13. The van der Waals surface area contributed by atoms with Crippen LogP contribution in [0.1, 0.15) is 23.7 Å². The fourth-order valence-electron chi connectivity index (χ4n) is 2.74. The molecule has 0 fully saturated rings. The lowest BCUT2D eigenvalue weighted by Gasteiger charge is -2.19. The molecule has 3 rings (SSSR count). The van der Waals surface area contributed by atoms with E-state index < -0.39 is 0 Å². The molecule has 0 radical (unpaired) electrons. The first-order valence-electron chi connectivity index (χ1n) is 7.62. The molecule has 0 heterocycles. The lowest BCUT2D eigenvalue weighted by Crippen LogP contribution is -2.04. The van der Waals surface area contributed by atoms with Crippen LogP contribution in [-0.2, 0) is 11.3 Å². The third-order valence-electron chi connectivity index (χ3n) is 3.84. The van der Waals surface area contributed by atoms with Crippen molar-refractivity contribution in [1.29, 1.82) is 0 Å². The Kier molecular flexibility index (Phi) is 4.67. The molecule has 0 spiro atoms. The van der Waals surface area contributed by atoms with E-state index in [1.54, 1.807) is 0 Å². The molecule has 1 atom stereocenters. The molecule has 3 aromatic rings. The molecule has 0 aliphatic rings. The van der Waals surface area contributed by atoms with Gasteiger partial charge in [0.05, 0.1) is 12.7 Å². The molecule has 0 saturated heterocycles. The number of hydrogen-bond donors (Lipinski definition) is 0. The highest BCUT2D eigenvalue weighted by atomic mass is 16.5. The van der Waals surface area contributed by atoms with E-state index in [0.29, 0.717) is 6.61 Å². The molecule has 0 saturated carbocycles. The van der Waals surface area contributed by atoms with Gasteiger partial charge >= 0.3 is 0 Å². The van der Waals surface area contributed by atoms with Crippen molar-refractivity contribution in [3.05, 3.63) is 96.6 Å². The Hall–Kier alpha value is -2.38. The van der Waals surface area contributed by atoms with E-state index in [4.69, 9.17) is 4.74 Å². The summed E-state index contributed by atoms with van der Waals surface area (Å²) in [4.78, 5) is 0. The summed E-state index contributed by atoms with van der Waals surface area (Å²) in [6.45, 7) is 4.49. The molecule has 1 unspecified atom stereocenters. The molecule has 0 bridgehead atoms. The van der Waals surface area contributed by atoms with Crippen LogP contribution in [0.25, 0.3) is 10.8 Å². The monoisotopic (exact) mass is 288 g/mol. The van der Waals surface area contributed by atoms with Crippen molar-refractivity contribution in [3.63, 3.8) is 0 Å². The molecule has 0 aliphatic carbocycles. The Morgan fingerprint density at radius 1 is 0.864 bits per heavy atom. The summed E-state index contributed by atoms with van der Waals surface area (Å²) in [7, 11) is 0. The minimum atomic E-state index is 0.0313. The third-order valence-corrected chi connectivity index (χ3v) is 3.84. The fourth-order valence-corrected chi connectivity index (χ4v) is 2.74. The van der Waals surface area contributed by atoms with Gasteiger partial charge in [0.1, 0.15) is 0 Å². The van der Waals surface area contributed by atoms with Crippen molar-refractivity contribution in [2.75, 3.05) is 0 Å². The minimum absolute atomic E-state index is 0.0313. The van der Waals surface area contributed by atoms with Crippen LogP contribution in [0.5, 0.6) is 0 Å². The van der Waals surface area contributed by atoms with Crippen LogP contribution < -0.4 is 0 Å². The standard InChI is InChI=1S/C21H20O/c1-2-9-21(22-16-17-10-4-3-5-11-17)20-15-8-13-18-12-6-7-14-19(18)20/h2-8,10-15,21H,1,9,16H2. The lowest BCUT2D eigenvalue weighted by atomic mass is 9.98. The van der Waals surface area contributed by atoms with Crippen molar-refractivity contribution >= 4 is 10.8 Å². The summed E-state index contributed by atoms with van der Waals surface area (Å²) in [6, 6.07) is 25.1. The van der Waals surface area contributed by atoms with Gasteiger partial charge < -0.3 is 4.74 Å². The zero-order chi connectivity index (χ0) is 15.2. The number of benzene rings is 3. The molecular formula is C21H20O. The first kappa shape index (κ1) is 14.6. The Balaban J connectivity index is 1.88. The van der Waals surface area contributed by atoms with Gasteiger partial charge in [-0.05, 0) is 28.3 Å². The van der Waals surface area contributed by atoms with Crippen molar-refractivity contribution in [2.45, 2.75) is 19.1 Å². The third kappa shape index (κ3) is 3.26. The number of ether oxygens (including phenoxy) is 1. The SMILES string of the molecule is C=CCC(OCc1ccccc1)c1cccc2ccccc12. The Morgan fingerprint density at radius 3 is 2.41 bits per heavy atom. The second-order valence-corrected chi connectivity index (χ2v) is 5.38. The van der Waals surface area contributed by atoms with Gasteiger partial charge in [-0.1, -0.05) is 78.9 Å². The van der Waals surface area contributed by atoms with Gasteiger partial charge in [-0.3, -0.25) is 0 Å². The first-order valence-corrected chi connectivity index (χ1v) is 7.62. The summed E-state index contributed by atoms with van der Waals surface area (Å²) in [6.07, 6.45) is 2.77. The molecule has 0 aromatic heterocycles. The van der Waals surface area contributed by atoms with E-state index in [1.807, 2.05) is 24.3 Å². The van der Waals surface area contributed by atoms with Crippen molar-refractivity contribution in [1.82, 2.24) is 0 Å². The summed E-state index contributed by atoms with van der Waals surface area (Å²) >= 11 is 0. The summed E-state index contributed by atoms with van der Waals surface area (Å²) in [5.74, 6) is 0. The Morgan fingerprint density at radius 2 is 1.59 bits per heavy atom. The molecule has 3 aromatic carbocycles. The normalized spacial score (nSPS) is 12.2. The summed E-state index contributed by atoms with van der Waals surface area (Å²) in [5, 5.41) is 2.50. The zero-order valence-corrected chi connectivity index (χ0v) is 12.6. The van der Waals surface area contributed by atoms with E-state index in [-0.39, 0.29) is 6.10 Å². The minimum Gasteiger partial charge on any atom is -0.369 e. The fraction of sp³-hybridized carbons (Fsp3) is 0.143. The Labute approximate surface area is 131 Å². The van der Waals surface area contributed by atoms with Gasteiger partial charge in [-0.2, -0.15) is 0 Å². The predicted molar refractivity (Wildman–Crippen MR) is 92.7 cm³/mol. The highest BCUT2D eigenvalue weighted by Crippen LogP contribution is 2.29. The average molecular weight is 288 g/mol. The molecule has 1 heteroatoms. The smallest absolute Gasteiger partial charge is 0.0869 e. The van der Waals surface area contributed by atoms with Crippen LogP contribution in [0, 0.1) is 0 Å². The van der Waals surface area contributed by atoms with Gasteiger partial charge in [-0.25, -0.2) is 0 Å². The Bertz CT molecular complexity index is 741. The number of rotatable bonds is 6. The van der Waals surface area contributed by atoms with Gasteiger partial charge in [0.25, 0.3) is 0 Å². The van der Waals surface area contributed by atoms with Gasteiger partial charge in [-0.15, -0.1) is 6.58 Å². The quantitative estimate of drug-likeness (QED) is 0.531. The van der Waals surface area contributed by atoms with Crippen LogP contribution >= 0.6 is 0 Å². The van der Waals surface area contributed by atoms with E-state index in [2.05, 4.69) is 61.2 Å². The predicted octanol–water partition coefficient (Wildman–Crippen LogP) is 5.67. The van der Waals surface area contributed by atoms with Crippen molar-refractivity contribution in [3.8, 4) is 0 Å². The van der Waals surface area contributed by atoms with Crippen LogP contribution in [0.15, 0.2) is 85.5 Å². The zero-order valence-electron chi connectivity index (χ0n) is 12.6. The van der Waals surface area contributed by atoms with Crippen LogP contribution in [0.2, 0.25) is 0 Å². The van der Waals surface area contributed by atoms with Gasteiger partial charge in [0.15, 0.2) is 0 Å². The number of fused-ring (bicyclic) bond motifs is 1. The second kappa shape index (κ2) is 7.06. The van der Waals surface area contributed by atoms with E-state index in [0.717, 1.165) is 6.42 Å². The molecule has 0 aliphatic heterocycles. The van der Waals surface area contributed by atoms with Crippen LogP contribution in [0.3, 0.4) is 0 Å². The van der Waals surface area contributed by atoms with Crippen LogP contribution in [0.4, 0.5) is 0 Å². The molecule has 110 valence electrons. The molecule has 0 amide bonds. The maximum atomic E-state index is 6.19. The number of hydrogen-bond acceptors (Lipinski definition) is 1. The van der Waals surface area contributed by atoms with Crippen LogP contribution in [-0.4, -0.2) is 0 Å². The van der Waals surface area contributed by atoms with E-state index in [9.17, 15) is 0 Å². The first-order chi connectivity index (χ1) is 10.9. The average Bonchev–Trinajstić information content (AvgIpc) is 2.59. The van der Waals surface area contributed by atoms with Crippen molar-refractivity contribution in [2.24, 2.45) is 0 Å². The lowest BCUT2D eigenvalue weighted by molar-refractivity contribution is 0.0427. The largest absolute Gasteiger partial charge is 0.369 e. The molecule has 22 heavy (non-hydrogen) atoms. The molecular weight excluding hydrogens is 268 g/mol. The maximum absolute atomic E-state index is 6.19. The molecule has 0 N–H and O–H groups in total. The van der Waals surface area contributed by atoms with Crippen molar-refractivity contribution < 1.29 is 4.74 Å². The van der Waals surface area contributed by atoms with Gasteiger partial charge in [0.2, 0.25) is 0 Å². The highest BCUT2D eigenvalue weighted by molar-refractivity contribution is 5.86. The summed E-state index contributed by atoms with van der Waals surface area (Å²) < 4.78 is 6.19. The van der Waals surface area contributed by atoms with Gasteiger partial charge in [0, 0.05) is 0 Å². The van der Waals surface area contributed by atoms with E-state index >= 15 is 0 Å². The molecule has 1 nitrogen and oxygen atoms in total. The second-order valence-electron chi connectivity index (χ2n) is 5.38. The topological polar surface area (TPSA) is 9.23 Å². The summed E-state index contributed by atoms with van der Waals surface area (Å²) in [5.41, 5.74) is 2.42. The van der Waals surface area contributed by atoms with E-state index in [1.165, 1.54) is 21.9 Å². The maximum Gasteiger partial charge on any atom is 0.0869 e.